The standard InChI is InChI=1S/C10H24O2P2/c1-7-11-14(12-8-2)13(9(3)4)10(5)6/h9-10H,7-8H2,1-6H3. The van der Waals surface area contributed by atoms with Crippen LogP contribution >= 0.6 is 15.7 Å². The van der Waals surface area contributed by atoms with E-state index in [0.29, 0.717) is 11.3 Å². The highest BCUT2D eigenvalue weighted by Gasteiger charge is 2.28. The first-order valence-electron chi connectivity index (χ1n) is 5.38. The summed E-state index contributed by atoms with van der Waals surface area (Å²) < 4.78 is 11.5. The SMILES string of the molecule is CCOP(OCC)P(C(C)C)C(C)C. The summed E-state index contributed by atoms with van der Waals surface area (Å²) in [6.07, 6.45) is 0. The second-order valence-corrected chi connectivity index (χ2v) is 9.82. The third-order valence-electron chi connectivity index (χ3n) is 1.73. The van der Waals surface area contributed by atoms with Gasteiger partial charge in [-0.15, -0.1) is 0 Å². The normalized spacial score (nSPS) is 12.4. The Kier molecular flexibility index (Phi) is 8.44. The Morgan fingerprint density at radius 3 is 1.43 bits per heavy atom. The summed E-state index contributed by atoms with van der Waals surface area (Å²) in [5, 5.41) is 0. The Balaban J connectivity index is 4.37. The second kappa shape index (κ2) is 7.99. The first-order valence-corrected chi connectivity index (χ1v) is 8.75. The average molecular weight is 238 g/mol. The van der Waals surface area contributed by atoms with Crippen molar-refractivity contribution < 1.29 is 9.05 Å². The highest BCUT2D eigenvalue weighted by molar-refractivity contribution is 8.26. The largest absolute Gasteiger partial charge is 0.331 e. The van der Waals surface area contributed by atoms with Crippen LogP contribution in [0.2, 0.25) is 0 Å². The molecule has 0 aliphatic rings. The van der Waals surface area contributed by atoms with Crippen molar-refractivity contribution in [2.24, 2.45) is 0 Å². The van der Waals surface area contributed by atoms with Crippen LogP contribution in [0.4, 0.5) is 0 Å². The van der Waals surface area contributed by atoms with Crippen LogP contribution in [0.1, 0.15) is 41.5 Å². The van der Waals surface area contributed by atoms with Crippen molar-refractivity contribution in [3.05, 3.63) is 0 Å². The molecule has 0 aromatic heterocycles. The highest BCUT2D eigenvalue weighted by Crippen LogP contribution is 2.74. The van der Waals surface area contributed by atoms with Crippen LogP contribution in [0.25, 0.3) is 0 Å². The van der Waals surface area contributed by atoms with E-state index >= 15 is 0 Å². The summed E-state index contributed by atoms with van der Waals surface area (Å²) in [4.78, 5) is 0. The van der Waals surface area contributed by atoms with E-state index in [1.54, 1.807) is 0 Å². The van der Waals surface area contributed by atoms with Gasteiger partial charge in [-0.05, 0) is 32.8 Å². The van der Waals surface area contributed by atoms with Crippen LogP contribution in [0, 0.1) is 0 Å². The van der Waals surface area contributed by atoms with Crippen molar-refractivity contribution in [1.29, 1.82) is 0 Å². The number of hydrogen-bond donors (Lipinski definition) is 0. The Morgan fingerprint density at radius 1 is 0.857 bits per heavy atom. The molecule has 0 rings (SSSR count). The zero-order valence-electron chi connectivity index (χ0n) is 10.3. The molecule has 0 unspecified atom stereocenters. The maximum absolute atomic E-state index is 5.74. The molecular formula is C10H24O2P2. The Labute approximate surface area is 91.3 Å². The lowest BCUT2D eigenvalue weighted by Gasteiger charge is -2.31. The minimum atomic E-state index is -0.638. The summed E-state index contributed by atoms with van der Waals surface area (Å²) in [6, 6.07) is 0. The van der Waals surface area contributed by atoms with Gasteiger partial charge in [0.15, 0.2) is 8.06 Å². The molecule has 0 N–H and O–H groups in total. The topological polar surface area (TPSA) is 18.5 Å². The number of hydrogen-bond acceptors (Lipinski definition) is 2. The molecule has 86 valence electrons. The molecule has 0 radical (unpaired) electrons. The summed E-state index contributed by atoms with van der Waals surface area (Å²) in [7, 11) is -0.772. The van der Waals surface area contributed by atoms with Crippen LogP contribution in [0.3, 0.4) is 0 Å². The van der Waals surface area contributed by atoms with E-state index in [4.69, 9.17) is 9.05 Å². The van der Waals surface area contributed by atoms with E-state index < -0.39 is 8.06 Å². The van der Waals surface area contributed by atoms with Gasteiger partial charge in [-0.2, -0.15) is 0 Å². The maximum atomic E-state index is 5.74. The second-order valence-electron chi connectivity index (χ2n) is 3.64. The summed E-state index contributed by atoms with van der Waals surface area (Å²) in [5.41, 5.74) is 1.38. The Hall–Kier alpha value is 0.780. The lowest BCUT2D eigenvalue weighted by molar-refractivity contribution is 0.281. The van der Waals surface area contributed by atoms with Gasteiger partial charge in [-0.25, -0.2) is 0 Å². The molecule has 0 fully saturated rings. The molecule has 0 aliphatic carbocycles. The van der Waals surface area contributed by atoms with Gasteiger partial charge in [0, 0.05) is 0 Å². The van der Waals surface area contributed by atoms with Crippen molar-refractivity contribution >= 4 is 15.7 Å². The van der Waals surface area contributed by atoms with E-state index in [1.165, 1.54) is 0 Å². The van der Waals surface area contributed by atoms with Crippen molar-refractivity contribution in [2.45, 2.75) is 52.9 Å². The van der Waals surface area contributed by atoms with Crippen LogP contribution in [-0.2, 0) is 9.05 Å². The van der Waals surface area contributed by atoms with Gasteiger partial charge in [0.2, 0.25) is 0 Å². The quantitative estimate of drug-likeness (QED) is 0.604. The minimum Gasteiger partial charge on any atom is -0.331 e. The van der Waals surface area contributed by atoms with Gasteiger partial charge in [0.05, 0.1) is 13.2 Å². The first-order chi connectivity index (χ1) is 6.54. The van der Waals surface area contributed by atoms with Crippen molar-refractivity contribution in [3.8, 4) is 0 Å². The summed E-state index contributed by atoms with van der Waals surface area (Å²) in [5.74, 6) is 0. The van der Waals surface area contributed by atoms with Gasteiger partial charge in [0.1, 0.15) is 0 Å². The average Bonchev–Trinajstić information content (AvgIpc) is 2.03. The summed E-state index contributed by atoms with van der Waals surface area (Å²) >= 11 is 0. The lowest BCUT2D eigenvalue weighted by atomic mass is 10.5. The van der Waals surface area contributed by atoms with E-state index in [-0.39, 0.29) is 7.61 Å². The van der Waals surface area contributed by atoms with Gasteiger partial charge >= 0.3 is 0 Å². The molecule has 2 nitrogen and oxygen atoms in total. The lowest BCUT2D eigenvalue weighted by Crippen LogP contribution is -2.05. The molecule has 4 heteroatoms. The van der Waals surface area contributed by atoms with Crippen molar-refractivity contribution in [2.75, 3.05) is 13.2 Å². The molecule has 0 atom stereocenters. The van der Waals surface area contributed by atoms with E-state index in [2.05, 4.69) is 27.7 Å². The Morgan fingerprint density at radius 2 is 1.21 bits per heavy atom. The predicted octanol–water partition coefficient (Wildman–Crippen LogP) is 4.59. The third-order valence-corrected chi connectivity index (χ3v) is 9.77. The molecule has 0 bridgehead atoms. The van der Waals surface area contributed by atoms with Crippen molar-refractivity contribution in [1.82, 2.24) is 0 Å². The first kappa shape index (κ1) is 14.8. The molecule has 14 heavy (non-hydrogen) atoms. The van der Waals surface area contributed by atoms with E-state index in [1.807, 2.05) is 13.8 Å². The predicted molar refractivity (Wildman–Crippen MR) is 67.4 cm³/mol. The number of rotatable bonds is 7. The van der Waals surface area contributed by atoms with Gasteiger partial charge < -0.3 is 9.05 Å². The van der Waals surface area contributed by atoms with Gasteiger partial charge in [0.25, 0.3) is 0 Å². The Bertz CT molecular complexity index is 126. The minimum absolute atomic E-state index is 0.133. The van der Waals surface area contributed by atoms with Crippen LogP contribution in [0.5, 0.6) is 0 Å². The van der Waals surface area contributed by atoms with E-state index in [0.717, 1.165) is 13.2 Å². The van der Waals surface area contributed by atoms with E-state index in [9.17, 15) is 0 Å². The fraction of sp³-hybridized carbons (Fsp3) is 1.00. The zero-order valence-corrected chi connectivity index (χ0v) is 12.1. The summed E-state index contributed by atoms with van der Waals surface area (Å²) in [6.45, 7) is 14.7. The molecule has 0 amide bonds. The smallest absolute Gasteiger partial charge is 0.195 e. The monoisotopic (exact) mass is 238 g/mol. The molecule has 0 saturated heterocycles. The molecule has 0 spiro atoms. The molecule has 0 saturated carbocycles. The highest BCUT2D eigenvalue weighted by atomic mass is 32.1. The molecule has 0 aliphatic heterocycles. The molecule has 0 heterocycles. The molecule has 0 aromatic rings. The van der Waals surface area contributed by atoms with Gasteiger partial charge in [-0.1, -0.05) is 27.7 Å². The van der Waals surface area contributed by atoms with Crippen LogP contribution < -0.4 is 0 Å². The van der Waals surface area contributed by atoms with Gasteiger partial charge in [-0.3, -0.25) is 0 Å². The van der Waals surface area contributed by atoms with Crippen LogP contribution in [-0.4, -0.2) is 24.5 Å². The fourth-order valence-electron chi connectivity index (χ4n) is 1.36. The molecule has 0 aromatic carbocycles. The zero-order chi connectivity index (χ0) is 11.1. The molecular weight excluding hydrogens is 214 g/mol. The fourth-order valence-corrected chi connectivity index (χ4v) is 7.85. The van der Waals surface area contributed by atoms with Crippen molar-refractivity contribution in [3.63, 3.8) is 0 Å². The third kappa shape index (κ3) is 5.03. The van der Waals surface area contributed by atoms with Crippen LogP contribution in [0.15, 0.2) is 0 Å². The maximum Gasteiger partial charge on any atom is 0.195 e.